The fraction of sp³-hybridized carbons (Fsp3) is 0.556. The summed E-state index contributed by atoms with van der Waals surface area (Å²) in [6.07, 6.45) is 4.22. The Hall–Kier alpha value is -1.32. The second-order valence-corrected chi connectivity index (χ2v) is 3.67. The molecule has 0 radical (unpaired) electrons. The predicted molar refractivity (Wildman–Crippen MR) is 46.4 cm³/mol. The van der Waals surface area contributed by atoms with Crippen molar-refractivity contribution in [3.8, 4) is 0 Å². The van der Waals surface area contributed by atoms with Crippen LogP contribution in [0, 0.1) is 5.92 Å². The summed E-state index contributed by atoms with van der Waals surface area (Å²) in [5.41, 5.74) is 0. The monoisotopic (exact) mass is 180 g/mol. The number of fused-ring (bicyclic) bond motifs is 1. The van der Waals surface area contributed by atoms with Crippen molar-refractivity contribution in [3.63, 3.8) is 0 Å². The Morgan fingerprint density at radius 2 is 2.54 bits per heavy atom. The molecular formula is C9H12N2O2. The second-order valence-electron chi connectivity index (χ2n) is 3.67. The molecule has 0 bridgehead atoms. The quantitative estimate of drug-likeness (QED) is 0.703. The van der Waals surface area contributed by atoms with E-state index in [0.717, 1.165) is 6.54 Å². The van der Waals surface area contributed by atoms with Crippen molar-refractivity contribution in [3.05, 3.63) is 18.2 Å². The number of carboxylic acid groups (broad SMARTS) is 1. The van der Waals surface area contributed by atoms with Gasteiger partial charge in [-0.15, -0.1) is 0 Å². The van der Waals surface area contributed by atoms with Crippen molar-refractivity contribution in [1.29, 1.82) is 0 Å². The molecule has 4 nitrogen and oxygen atoms in total. The number of rotatable bonds is 1. The van der Waals surface area contributed by atoms with Crippen LogP contribution in [0.25, 0.3) is 0 Å². The maximum atomic E-state index is 10.9. The third-order valence-electron chi connectivity index (χ3n) is 2.50. The Balaban J connectivity index is 2.38. The standard InChI is InChI=1S/C9H12N2O2/c1-6-4-7(9(12)13)8-10-2-3-11(8)5-6/h2-3,6-7H,4-5H2,1H3,(H,12,13). The third-order valence-corrected chi connectivity index (χ3v) is 2.50. The Morgan fingerprint density at radius 1 is 1.77 bits per heavy atom. The van der Waals surface area contributed by atoms with Gasteiger partial charge in [0.1, 0.15) is 11.7 Å². The molecule has 4 heteroatoms. The molecule has 2 heterocycles. The lowest BCUT2D eigenvalue weighted by Gasteiger charge is -2.25. The summed E-state index contributed by atoms with van der Waals surface area (Å²) in [5, 5.41) is 8.97. The van der Waals surface area contributed by atoms with Gasteiger partial charge in [-0.1, -0.05) is 6.92 Å². The highest BCUT2D eigenvalue weighted by Gasteiger charge is 2.30. The molecule has 1 N–H and O–H groups in total. The highest BCUT2D eigenvalue weighted by molar-refractivity contribution is 5.75. The highest BCUT2D eigenvalue weighted by atomic mass is 16.4. The van der Waals surface area contributed by atoms with E-state index in [4.69, 9.17) is 5.11 Å². The summed E-state index contributed by atoms with van der Waals surface area (Å²) in [7, 11) is 0. The molecule has 70 valence electrons. The Labute approximate surface area is 76.2 Å². The van der Waals surface area contributed by atoms with Crippen LogP contribution >= 0.6 is 0 Å². The molecule has 1 aliphatic heterocycles. The molecule has 0 spiro atoms. The molecule has 2 atom stereocenters. The highest BCUT2D eigenvalue weighted by Crippen LogP contribution is 2.29. The lowest BCUT2D eigenvalue weighted by atomic mass is 9.91. The second kappa shape index (κ2) is 2.87. The predicted octanol–water partition coefficient (Wildman–Crippen LogP) is 1.09. The van der Waals surface area contributed by atoms with Gasteiger partial charge in [-0.3, -0.25) is 4.79 Å². The maximum absolute atomic E-state index is 10.9. The molecule has 1 aromatic rings. The molecular weight excluding hydrogens is 168 g/mol. The molecule has 2 rings (SSSR count). The summed E-state index contributed by atoms with van der Waals surface area (Å²) in [6, 6.07) is 0. The summed E-state index contributed by atoms with van der Waals surface area (Å²) in [5.74, 6) is -0.0637. The van der Waals surface area contributed by atoms with Crippen LogP contribution < -0.4 is 0 Å². The summed E-state index contributed by atoms with van der Waals surface area (Å²) >= 11 is 0. The van der Waals surface area contributed by atoms with Gasteiger partial charge in [0.05, 0.1) is 0 Å². The lowest BCUT2D eigenvalue weighted by Crippen LogP contribution is -2.26. The van der Waals surface area contributed by atoms with Crippen molar-refractivity contribution < 1.29 is 9.90 Å². The normalized spacial score (nSPS) is 26.8. The van der Waals surface area contributed by atoms with Gasteiger partial charge in [-0.2, -0.15) is 0 Å². The zero-order valence-electron chi connectivity index (χ0n) is 7.47. The van der Waals surface area contributed by atoms with Gasteiger partial charge in [0.15, 0.2) is 0 Å². The fourth-order valence-corrected chi connectivity index (χ4v) is 1.91. The average molecular weight is 180 g/mol. The van der Waals surface area contributed by atoms with E-state index in [-0.39, 0.29) is 0 Å². The number of hydrogen-bond donors (Lipinski definition) is 1. The first-order valence-corrected chi connectivity index (χ1v) is 4.42. The van der Waals surface area contributed by atoms with Crippen molar-refractivity contribution in [2.75, 3.05) is 0 Å². The Morgan fingerprint density at radius 3 is 3.23 bits per heavy atom. The largest absolute Gasteiger partial charge is 0.481 e. The van der Waals surface area contributed by atoms with Gasteiger partial charge in [0.2, 0.25) is 0 Å². The van der Waals surface area contributed by atoms with E-state index in [1.807, 2.05) is 10.8 Å². The summed E-state index contributed by atoms with van der Waals surface area (Å²) in [4.78, 5) is 15.0. The van der Waals surface area contributed by atoms with E-state index in [9.17, 15) is 4.79 Å². The van der Waals surface area contributed by atoms with Gasteiger partial charge < -0.3 is 9.67 Å². The molecule has 0 aliphatic carbocycles. The van der Waals surface area contributed by atoms with Crippen molar-refractivity contribution >= 4 is 5.97 Å². The van der Waals surface area contributed by atoms with Gasteiger partial charge in [-0.25, -0.2) is 4.98 Å². The molecule has 1 aliphatic rings. The van der Waals surface area contributed by atoms with E-state index < -0.39 is 11.9 Å². The van der Waals surface area contributed by atoms with E-state index in [2.05, 4.69) is 11.9 Å². The zero-order chi connectivity index (χ0) is 9.42. The van der Waals surface area contributed by atoms with Gasteiger partial charge in [0, 0.05) is 18.9 Å². The third kappa shape index (κ3) is 1.32. The van der Waals surface area contributed by atoms with Gasteiger partial charge in [0.25, 0.3) is 0 Å². The van der Waals surface area contributed by atoms with E-state index >= 15 is 0 Å². The van der Waals surface area contributed by atoms with Crippen molar-refractivity contribution in [2.24, 2.45) is 5.92 Å². The Bertz CT molecular complexity index is 332. The summed E-state index contributed by atoms with van der Waals surface area (Å²) < 4.78 is 1.94. The molecule has 13 heavy (non-hydrogen) atoms. The van der Waals surface area contributed by atoms with Crippen LogP contribution in [0.5, 0.6) is 0 Å². The minimum absolute atomic E-state index is 0.418. The maximum Gasteiger partial charge on any atom is 0.314 e. The number of carbonyl (C=O) groups is 1. The van der Waals surface area contributed by atoms with Crippen LogP contribution in [0.15, 0.2) is 12.4 Å². The molecule has 1 aromatic heterocycles. The molecule has 0 aromatic carbocycles. The van der Waals surface area contributed by atoms with Crippen LogP contribution in [-0.4, -0.2) is 20.6 Å². The van der Waals surface area contributed by atoms with Crippen LogP contribution in [0.2, 0.25) is 0 Å². The number of aliphatic carboxylic acids is 1. The van der Waals surface area contributed by atoms with E-state index in [0.29, 0.717) is 18.2 Å². The number of nitrogens with zero attached hydrogens (tertiary/aromatic N) is 2. The number of carboxylic acids is 1. The minimum atomic E-state index is -0.765. The van der Waals surface area contributed by atoms with Crippen molar-refractivity contribution in [1.82, 2.24) is 9.55 Å². The zero-order valence-corrected chi connectivity index (χ0v) is 7.47. The molecule has 0 fully saturated rings. The average Bonchev–Trinajstić information content (AvgIpc) is 2.49. The number of hydrogen-bond acceptors (Lipinski definition) is 2. The topological polar surface area (TPSA) is 55.1 Å². The SMILES string of the molecule is CC1CC(C(=O)O)c2nccn2C1. The molecule has 0 amide bonds. The summed E-state index contributed by atoms with van der Waals surface area (Å²) in [6.45, 7) is 2.96. The first-order valence-electron chi connectivity index (χ1n) is 4.42. The van der Waals surface area contributed by atoms with Gasteiger partial charge >= 0.3 is 5.97 Å². The van der Waals surface area contributed by atoms with Crippen LogP contribution in [0.4, 0.5) is 0 Å². The molecule has 2 unspecified atom stereocenters. The van der Waals surface area contributed by atoms with Crippen LogP contribution in [-0.2, 0) is 11.3 Å². The molecule has 0 saturated heterocycles. The smallest absolute Gasteiger partial charge is 0.314 e. The lowest BCUT2D eigenvalue weighted by molar-refractivity contribution is -0.139. The van der Waals surface area contributed by atoms with E-state index in [1.165, 1.54) is 0 Å². The Kier molecular flexibility index (Phi) is 1.83. The van der Waals surface area contributed by atoms with E-state index in [1.54, 1.807) is 6.20 Å². The first-order chi connectivity index (χ1) is 6.18. The van der Waals surface area contributed by atoms with Crippen molar-refractivity contribution in [2.45, 2.75) is 25.8 Å². The minimum Gasteiger partial charge on any atom is -0.481 e. The number of imidazole rings is 1. The first kappa shape index (κ1) is 8.29. The molecule has 0 saturated carbocycles. The van der Waals surface area contributed by atoms with Crippen LogP contribution in [0.1, 0.15) is 25.1 Å². The number of aromatic nitrogens is 2. The fourth-order valence-electron chi connectivity index (χ4n) is 1.91. The van der Waals surface area contributed by atoms with Crippen LogP contribution in [0.3, 0.4) is 0 Å². The van der Waals surface area contributed by atoms with Gasteiger partial charge in [-0.05, 0) is 12.3 Å².